The number of rotatable bonds is 2. The molecule has 0 saturated carbocycles. The van der Waals surface area contributed by atoms with Crippen LogP contribution in [-0.4, -0.2) is 42.7 Å². The van der Waals surface area contributed by atoms with E-state index in [-0.39, 0.29) is 5.54 Å². The van der Waals surface area contributed by atoms with Crippen molar-refractivity contribution in [2.45, 2.75) is 32.4 Å². The number of benzene rings is 1. The van der Waals surface area contributed by atoms with Crippen molar-refractivity contribution in [1.29, 1.82) is 0 Å². The summed E-state index contributed by atoms with van der Waals surface area (Å²) >= 11 is 0. The van der Waals surface area contributed by atoms with Crippen LogP contribution in [-0.2, 0) is 0 Å². The van der Waals surface area contributed by atoms with Crippen LogP contribution in [0.15, 0.2) is 30.3 Å². The minimum atomic E-state index is 0.232. The Morgan fingerprint density at radius 2 is 1.83 bits per heavy atom. The number of para-hydroxylation sites is 1. The fourth-order valence-electron chi connectivity index (χ4n) is 2.63. The topological polar surface area (TPSA) is 32.5 Å². The van der Waals surface area contributed by atoms with E-state index in [0.717, 1.165) is 19.6 Å². The van der Waals surface area contributed by atoms with Gasteiger partial charge in [-0.25, -0.2) is 0 Å². The molecule has 100 valence electrons. The molecular formula is C15H25N3. The summed E-state index contributed by atoms with van der Waals surface area (Å²) in [7, 11) is 0. The van der Waals surface area contributed by atoms with E-state index >= 15 is 0 Å². The number of hydrogen-bond acceptors (Lipinski definition) is 3. The second kappa shape index (κ2) is 5.29. The predicted octanol–water partition coefficient (Wildman–Crippen LogP) is 1.93. The lowest BCUT2D eigenvalue weighted by Crippen LogP contribution is -2.60. The summed E-state index contributed by atoms with van der Waals surface area (Å²) in [5.41, 5.74) is 7.49. The summed E-state index contributed by atoms with van der Waals surface area (Å²) in [5.74, 6) is 0. The average molecular weight is 247 g/mol. The van der Waals surface area contributed by atoms with E-state index in [1.54, 1.807) is 0 Å². The van der Waals surface area contributed by atoms with Gasteiger partial charge in [0.1, 0.15) is 0 Å². The minimum Gasteiger partial charge on any atom is -0.365 e. The van der Waals surface area contributed by atoms with E-state index in [2.05, 4.69) is 60.9 Å². The molecule has 0 radical (unpaired) electrons. The maximum absolute atomic E-state index is 5.97. The number of anilines is 1. The van der Waals surface area contributed by atoms with Gasteiger partial charge in [-0.1, -0.05) is 18.2 Å². The third kappa shape index (κ3) is 2.85. The third-order valence-electron chi connectivity index (χ3n) is 3.79. The molecule has 1 aliphatic rings. The lowest BCUT2D eigenvalue weighted by molar-refractivity contribution is 0.110. The van der Waals surface area contributed by atoms with E-state index in [4.69, 9.17) is 5.73 Å². The summed E-state index contributed by atoms with van der Waals surface area (Å²) in [4.78, 5) is 4.98. The van der Waals surface area contributed by atoms with Crippen molar-refractivity contribution in [2.75, 3.05) is 31.1 Å². The van der Waals surface area contributed by atoms with E-state index in [9.17, 15) is 0 Å². The van der Waals surface area contributed by atoms with Crippen molar-refractivity contribution in [3.05, 3.63) is 30.3 Å². The molecule has 0 amide bonds. The van der Waals surface area contributed by atoms with Crippen LogP contribution in [0.25, 0.3) is 0 Å². The number of hydrogen-bond donors (Lipinski definition) is 1. The van der Waals surface area contributed by atoms with Crippen LogP contribution in [0, 0.1) is 0 Å². The van der Waals surface area contributed by atoms with Crippen LogP contribution < -0.4 is 10.6 Å². The van der Waals surface area contributed by atoms with Crippen LogP contribution in [0.2, 0.25) is 0 Å². The van der Waals surface area contributed by atoms with Crippen LogP contribution in [0.3, 0.4) is 0 Å². The Kier molecular flexibility index (Phi) is 3.93. The lowest BCUT2D eigenvalue weighted by atomic mass is 10.0. The monoisotopic (exact) mass is 247 g/mol. The van der Waals surface area contributed by atoms with Crippen molar-refractivity contribution >= 4 is 5.69 Å². The van der Waals surface area contributed by atoms with Crippen molar-refractivity contribution < 1.29 is 0 Å². The lowest BCUT2D eigenvalue weighted by Gasteiger charge is -2.47. The van der Waals surface area contributed by atoms with Crippen molar-refractivity contribution in [1.82, 2.24) is 4.90 Å². The second-order valence-corrected chi connectivity index (χ2v) is 6.04. The smallest absolute Gasteiger partial charge is 0.0540 e. The van der Waals surface area contributed by atoms with Gasteiger partial charge in [0.2, 0.25) is 0 Å². The maximum Gasteiger partial charge on any atom is 0.0540 e. The zero-order valence-electron chi connectivity index (χ0n) is 11.8. The van der Waals surface area contributed by atoms with Gasteiger partial charge >= 0.3 is 0 Å². The number of nitrogens with two attached hydrogens (primary N) is 1. The average Bonchev–Trinajstić information content (AvgIpc) is 2.38. The summed E-state index contributed by atoms with van der Waals surface area (Å²) in [6.07, 6.45) is 0. The molecule has 0 spiro atoms. The van der Waals surface area contributed by atoms with Crippen molar-refractivity contribution in [3.8, 4) is 0 Å². The molecule has 1 fully saturated rings. The van der Waals surface area contributed by atoms with E-state index in [0.29, 0.717) is 12.6 Å². The van der Waals surface area contributed by atoms with Gasteiger partial charge in [0.25, 0.3) is 0 Å². The van der Waals surface area contributed by atoms with Crippen molar-refractivity contribution in [2.24, 2.45) is 5.73 Å². The molecule has 0 unspecified atom stereocenters. The second-order valence-electron chi connectivity index (χ2n) is 6.04. The zero-order chi connectivity index (χ0) is 13.2. The third-order valence-corrected chi connectivity index (χ3v) is 3.79. The molecule has 0 bridgehead atoms. The molecule has 3 nitrogen and oxygen atoms in total. The van der Waals surface area contributed by atoms with Crippen molar-refractivity contribution in [3.63, 3.8) is 0 Å². The fraction of sp³-hybridized carbons (Fsp3) is 0.600. The first-order chi connectivity index (χ1) is 8.52. The Hall–Kier alpha value is -1.06. The Morgan fingerprint density at radius 3 is 2.39 bits per heavy atom. The summed E-state index contributed by atoms with van der Waals surface area (Å²) < 4.78 is 0. The molecule has 3 heteroatoms. The Labute approximate surface area is 111 Å². The normalized spacial score (nSPS) is 22.2. The summed E-state index contributed by atoms with van der Waals surface area (Å²) in [6.45, 7) is 10.8. The highest BCUT2D eigenvalue weighted by Gasteiger charge is 2.31. The van der Waals surface area contributed by atoms with Crippen LogP contribution in [0.5, 0.6) is 0 Å². The molecule has 2 rings (SSSR count). The molecule has 2 N–H and O–H groups in total. The molecule has 1 saturated heterocycles. The zero-order valence-corrected chi connectivity index (χ0v) is 11.8. The van der Waals surface area contributed by atoms with Gasteiger partial charge < -0.3 is 10.6 Å². The highest BCUT2D eigenvalue weighted by Crippen LogP contribution is 2.23. The molecular weight excluding hydrogens is 222 g/mol. The van der Waals surface area contributed by atoms with Gasteiger partial charge in [-0.15, -0.1) is 0 Å². The standard InChI is InChI=1S/C15H25N3/c1-15(2,3)17-9-10-18(14(11-16)12-17)13-7-5-4-6-8-13/h4-8,14H,9-12,16H2,1-3H3/t14-/m1/s1. The Balaban J connectivity index is 2.12. The quantitative estimate of drug-likeness (QED) is 0.867. The summed E-state index contributed by atoms with van der Waals surface area (Å²) in [5, 5.41) is 0. The SMILES string of the molecule is CC(C)(C)N1CCN(c2ccccc2)[C@H](CN)C1. The fourth-order valence-corrected chi connectivity index (χ4v) is 2.63. The molecule has 1 aromatic rings. The van der Waals surface area contributed by atoms with Gasteiger partial charge in [0.15, 0.2) is 0 Å². The van der Waals surface area contributed by atoms with E-state index in [1.165, 1.54) is 5.69 Å². The highest BCUT2D eigenvalue weighted by atomic mass is 15.3. The van der Waals surface area contributed by atoms with Crippen LogP contribution >= 0.6 is 0 Å². The molecule has 1 aliphatic heterocycles. The van der Waals surface area contributed by atoms with E-state index in [1.807, 2.05) is 0 Å². The summed E-state index contributed by atoms with van der Waals surface area (Å²) in [6, 6.07) is 11.0. The first-order valence-corrected chi connectivity index (χ1v) is 6.79. The van der Waals surface area contributed by atoms with Gasteiger partial charge in [0, 0.05) is 37.4 Å². The minimum absolute atomic E-state index is 0.232. The largest absolute Gasteiger partial charge is 0.365 e. The first-order valence-electron chi connectivity index (χ1n) is 6.79. The molecule has 1 atom stereocenters. The first kappa shape index (κ1) is 13.4. The number of nitrogens with zero attached hydrogens (tertiary/aromatic N) is 2. The van der Waals surface area contributed by atoms with Crippen LogP contribution in [0.1, 0.15) is 20.8 Å². The van der Waals surface area contributed by atoms with Crippen LogP contribution in [0.4, 0.5) is 5.69 Å². The molecule has 0 aromatic heterocycles. The maximum atomic E-state index is 5.97. The Morgan fingerprint density at radius 1 is 1.17 bits per heavy atom. The predicted molar refractivity (Wildman–Crippen MR) is 78.0 cm³/mol. The molecule has 0 aliphatic carbocycles. The Bertz CT molecular complexity index is 369. The van der Waals surface area contributed by atoms with Gasteiger partial charge in [-0.2, -0.15) is 0 Å². The molecule has 18 heavy (non-hydrogen) atoms. The molecule has 1 aromatic carbocycles. The highest BCUT2D eigenvalue weighted by molar-refractivity contribution is 5.47. The van der Waals surface area contributed by atoms with Gasteiger partial charge in [-0.05, 0) is 32.9 Å². The van der Waals surface area contributed by atoms with Gasteiger partial charge in [-0.3, -0.25) is 4.90 Å². The van der Waals surface area contributed by atoms with Gasteiger partial charge in [0.05, 0.1) is 6.04 Å². The number of piperazine rings is 1. The molecule has 1 heterocycles. The van der Waals surface area contributed by atoms with E-state index < -0.39 is 0 Å².